The van der Waals surface area contributed by atoms with Crippen LogP contribution in [0, 0.1) is 10.1 Å². The van der Waals surface area contributed by atoms with Gasteiger partial charge in [0.2, 0.25) is 5.91 Å². The summed E-state index contributed by atoms with van der Waals surface area (Å²) in [6.07, 6.45) is 1.58. The molecule has 0 saturated carbocycles. The monoisotopic (exact) mass is 334 g/mol. The minimum absolute atomic E-state index is 0.0303. The molecule has 0 spiro atoms. The van der Waals surface area contributed by atoms with E-state index in [1.54, 1.807) is 36.4 Å². The van der Waals surface area contributed by atoms with Gasteiger partial charge in [0.05, 0.1) is 22.5 Å². The third-order valence-corrected chi connectivity index (χ3v) is 4.69. The van der Waals surface area contributed by atoms with E-state index in [1.807, 2.05) is 19.9 Å². The molecular formula is C16H18N2O4S. The van der Waals surface area contributed by atoms with Crippen LogP contribution >= 0.6 is 11.8 Å². The summed E-state index contributed by atoms with van der Waals surface area (Å²) in [5.41, 5.74) is 0.0388. The molecule has 1 aromatic carbocycles. The second-order valence-electron chi connectivity index (χ2n) is 5.15. The van der Waals surface area contributed by atoms with Crippen LogP contribution in [0.1, 0.15) is 25.6 Å². The van der Waals surface area contributed by atoms with E-state index in [4.69, 9.17) is 4.42 Å². The van der Waals surface area contributed by atoms with Crippen LogP contribution in [0.3, 0.4) is 0 Å². The van der Waals surface area contributed by atoms with Crippen LogP contribution in [0.5, 0.6) is 0 Å². The maximum atomic E-state index is 12.5. The second-order valence-corrected chi connectivity index (χ2v) is 6.57. The van der Waals surface area contributed by atoms with Crippen molar-refractivity contribution in [2.45, 2.75) is 30.0 Å². The van der Waals surface area contributed by atoms with Crippen molar-refractivity contribution < 1.29 is 14.1 Å². The van der Waals surface area contributed by atoms with Gasteiger partial charge in [-0.3, -0.25) is 14.9 Å². The van der Waals surface area contributed by atoms with Crippen molar-refractivity contribution in [3.8, 4) is 0 Å². The van der Waals surface area contributed by atoms with Gasteiger partial charge in [-0.1, -0.05) is 0 Å². The molecular weight excluding hydrogens is 316 g/mol. The first-order valence-electron chi connectivity index (χ1n) is 7.11. The van der Waals surface area contributed by atoms with Crippen molar-refractivity contribution >= 4 is 23.4 Å². The maximum Gasteiger partial charge on any atom is 0.269 e. The Balaban J connectivity index is 2.00. The fraction of sp³-hybridized carbons (Fsp3) is 0.312. The summed E-state index contributed by atoms with van der Waals surface area (Å²) in [5.74, 6) is 0.700. The fourth-order valence-corrected chi connectivity index (χ4v) is 3.07. The van der Waals surface area contributed by atoms with Crippen LogP contribution in [-0.2, 0) is 4.79 Å². The SMILES string of the molecule is CC(Sc1ccc([N+](=O)[O-])cc1)C(=O)N(C)C(C)c1ccco1. The molecule has 0 N–H and O–H groups in total. The lowest BCUT2D eigenvalue weighted by Crippen LogP contribution is -2.35. The Hall–Kier alpha value is -2.28. The van der Waals surface area contributed by atoms with Crippen LogP contribution < -0.4 is 0 Å². The smallest absolute Gasteiger partial charge is 0.269 e. The first kappa shape index (κ1) is 17.1. The molecule has 0 aliphatic heterocycles. The number of carbonyl (C=O) groups is 1. The average Bonchev–Trinajstić information content (AvgIpc) is 3.07. The van der Waals surface area contributed by atoms with E-state index in [0.717, 1.165) is 10.7 Å². The lowest BCUT2D eigenvalue weighted by molar-refractivity contribution is -0.384. The highest BCUT2D eigenvalue weighted by Crippen LogP contribution is 2.28. The molecule has 0 aliphatic rings. The number of carbonyl (C=O) groups excluding carboxylic acids is 1. The Kier molecular flexibility index (Phi) is 5.44. The molecule has 2 unspecified atom stereocenters. The summed E-state index contributed by atoms with van der Waals surface area (Å²) < 4.78 is 5.34. The fourth-order valence-electron chi connectivity index (χ4n) is 2.10. The Morgan fingerprint density at radius 2 is 1.91 bits per heavy atom. The van der Waals surface area contributed by atoms with Gasteiger partial charge in [0.25, 0.3) is 5.69 Å². The Labute approximate surface area is 138 Å². The second kappa shape index (κ2) is 7.32. The average molecular weight is 334 g/mol. The van der Waals surface area contributed by atoms with E-state index in [-0.39, 0.29) is 22.9 Å². The number of rotatable bonds is 6. The lowest BCUT2D eigenvalue weighted by Gasteiger charge is -2.26. The summed E-state index contributed by atoms with van der Waals surface area (Å²) in [4.78, 5) is 25.2. The third kappa shape index (κ3) is 4.13. The molecule has 0 radical (unpaired) electrons. The zero-order valence-corrected chi connectivity index (χ0v) is 13.9. The van der Waals surface area contributed by atoms with E-state index in [0.29, 0.717) is 0 Å². The van der Waals surface area contributed by atoms with Crippen LogP contribution in [0.2, 0.25) is 0 Å². The number of nitro benzene ring substituents is 1. The molecule has 0 saturated heterocycles. The molecule has 122 valence electrons. The number of benzene rings is 1. The zero-order chi connectivity index (χ0) is 17.0. The van der Waals surface area contributed by atoms with Crippen LogP contribution in [0.15, 0.2) is 52.0 Å². The van der Waals surface area contributed by atoms with Gasteiger partial charge >= 0.3 is 0 Å². The van der Waals surface area contributed by atoms with Gasteiger partial charge in [-0.05, 0) is 38.1 Å². The van der Waals surface area contributed by atoms with Crippen LogP contribution in [0.25, 0.3) is 0 Å². The van der Waals surface area contributed by atoms with Gasteiger partial charge in [-0.15, -0.1) is 11.8 Å². The normalized spacial score (nSPS) is 13.3. The van der Waals surface area contributed by atoms with Gasteiger partial charge in [0.15, 0.2) is 0 Å². The van der Waals surface area contributed by atoms with E-state index >= 15 is 0 Å². The Bertz CT molecular complexity index is 670. The van der Waals surface area contributed by atoms with Gasteiger partial charge < -0.3 is 9.32 Å². The zero-order valence-electron chi connectivity index (χ0n) is 13.1. The predicted molar refractivity (Wildman–Crippen MR) is 88.3 cm³/mol. The Morgan fingerprint density at radius 1 is 1.26 bits per heavy atom. The minimum atomic E-state index is -0.443. The molecule has 7 heteroatoms. The maximum absolute atomic E-state index is 12.5. The van der Waals surface area contributed by atoms with Crippen molar-refractivity contribution in [3.63, 3.8) is 0 Å². The first-order chi connectivity index (χ1) is 10.9. The van der Waals surface area contributed by atoms with Gasteiger partial charge in [-0.25, -0.2) is 0 Å². The number of hydrogen-bond donors (Lipinski definition) is 0. The molecule has 0 fully saturated rings. The number of non-ortho nitro benzene ring substituents is 1. The van der Waals surface area contributed by atoms with E-state index in [1.165, 1.54) is 23.9 Å². The highest BCUT2D eigenvalue weighted by molar-refractivity contribution is 8.00. The van der Waals surface area contributed by atoms with Crippen molar-refractivity contribution in [3.05, 3.63) is 58.5 Å². The standard InChI is InChI=1S/C16H18N2O4S/c1-11(15-5-4-10-22-15)17(3)16(19)12(2)23-14-8-6-13(7-9-14)18(20)21/h4-12H,1-3H3. The number of furan rings is 1. The summed E-state index contributed by atoms with van der Waals surface area (Å²) in [7, 11) is 1.74. The lowest BCUT2D eigenvalue weighted by atomic mass is 10.2. The van der Waals surface area contributed by atoms with Gasteiger partial charge in [0.1, 0.15) is 5.76 Å². The van der Waals surface area contributed by atoms with Crippen molar-refractivity contribution in [1.82, 2.24) is 4.90 Å². The minimum Gasteiger partial charge on any atom is -0.467 e. The molecule has 6 nitrogen and oxygen atoms in total. The number of hydrogen-bond acceptors (Lipinski definition) is 5. The predicted octanol–water partition coefficient (Wildman–Crippen LogP) is 3.89. The topological polar surface area (TPSA) is 76.6 Å². The largest absolute Gasteiger partial charge is 0.467 e. The summed E-state index contributed by atoms with van der Waals surface area (Å²) in [6, 6.07) is 9.66. The Morgan fingerprint density at radius 3 is 2.43 bits per heavy atom. The summed E-state index contributed by atoms with van der Waals surface area (Å²) in [6.45, 7) is 3.72. The number of nitrogens with zero attached hydrogens (tertiary/aromatic N) is 2. The quantitative estimate of drug-likeness (QED) is 0.455. The molecule has 1 amide bonds. The summed E-state index contributed by atoms with van der Waals surface area (Å²) >= 11 is 1.37. The molecule has 23 heavy (non-hydrogen) atoms. The van der Waals surface area contributed by atoms with Crippen LogP contribution in [0.4, 0.5) is 5.69 Å². The third-order valence-electron chi connectivity index (χ3n) is 3.59. The highest BCUT2D eigenvalue weighted by Gasteiger charge is 2.24. The van der Waals surface area contributed by atoms with E-state index < -0.39 is 4.92 Å². The van der Waals surface area contributed by atoms with Crippen LogP contribution in [-0.4, -0.2) is 28.0 Å². The van der Waals surface area contributed by atoms with Gasteiger partial charge in [-0.2, -0.15) is 0 Å². The summed E-state index contributed by atoms with van der Waals surface area (Å²) in [5, 5.41) is 10.3. The first-order valence-corrected chi connectivity index (χ1v) is 7.99. The molecule has 0 aliphatic carbocycles. The van der Waals surface area contributed by atoms with Crippen molar-refractivity contribution in [1.29, 1.82) is 0 Å². The molecule has 1 heterocycles. The number of amides is 1. The number of nitro groups is 1. The van der Waals surface area contributed by atoms with E-state index in [9.17, 15) is 14.9 Å². The molecule has 2 atom stereocenters. The molecule has 1 aromatic heterocycles. The highest BCUT2D eigenvalue weighted by atomic mass is 32.2. The van der Waals surface area contributed by atoms with Crippen molar-refractivity contribution in [2.24, 2.45) is 0 Å². The number of thioether (sulfide) groups is 1. The molecule has 0 bridgehead atoms. The van der Waals surface area contributed by atoms with Gasteiger partial charge in [0, 0.05) is 24.1 Å². The van der Waals surface area contributed by atoms with Crippen molar-refractivity contribution in [2.75, 3.05) is 7.05 Å². The molecule has 2 rings (SSSR count). The van der Waals surface area contributed by atoms with E-state index in [2.05, 4.69) is 0 Å². The molecule has 2 aromatic rings.